The summed E-state index contributed by atoms with van der Waals surface area (Å²) in [7, 11) is -2.33. The third-order valence-electron chi connectivity index (χ3n) is 4.73. The van der Waals surface area contributed by atoms with Crippen LogP contribution in [-0.2, 0) is 23.6 Å². The van der Waals surface area contributed by atoms with Gasteiger partial charge >= 0.3 is 0 Å². The number of aromatic nitrogens is 2. The number of nitrogens with zero attached hydrogens (tertiary/aromatic N) is 3. The predicted octanol–water partition coefficient (Wildman–Crippen LogP) is 0.654. The second kappa shape index (κ2) is 7.63. The minimum Gasteiger partial charge on any atom is -0.501 e. The first kappa shape index (κ1) is 19.9. The number of anilines is 1. The normalized spacial score (nSPS) is 16.0. The van der Waals surface area contributed by atoms with Crippen molar-refractivity contribution in [3.8, 4) is 5.75 Å². The van der Waals surface area contributed by atoms with Crippen LogP contribution in [0.1, 0.15) is 34.5 Å². The molecule has 2 N–H and O–H groups in total. The van der Waals surface area contributed by atoms with Gasteiger partial charge in [-0.05, 0) is 30.9 Å². The minimum absolute atomic E-state index is 0.0570. The van der Waals surface area contributed by atoms with Crippen LogP contribution in [0.15, 0.2) is 29.1 Å². The lowest BCUT2D eigenvalue weighted by Crippen LogP contribution is -2.42. The molecule has 0 atom stereocenters. The number of amides is 1. The van der Waals surface area contributed by atoms with Gasteiger partial charge in [0.25, 0.3) is 11.5 Å². The molecule has 0 unspecified atom stereocenters. The Morgan fingerprint density at radius 2 is 2.00 bits per heavy atom. The number of aromatic hydroxyl groups is 1. The van der Waals surface area contributed by atoms with Gasteiger partial charge < -0.3 is 10.4 Å². The minimum atomic E-state index is -3.63. The molecule has 0 radical (unpaired) electrons. The number of carbonyl (C=O) groups excluding carboxylic acids is 1. The van der Waals surface area contributed by atoms with E-state index >= 15 is 0 Å². The highest BCUT2D eigenvalue weighted by molar-refractivity contribution is 7.92. The van der Waals surface area contributed by atoms with Crippen LogP contribution >= 0.6 is 0 Å². The van der Waals surface area contributed by atoms with Crippen LogP contribution < -0.4 is 15.2 Å². The van der Waals surface area contributed by atoms with Gasteiger partial charge in [0.2, 0.25) is 21.7 Å². The second-order valence-corrected chi connectivity index (χ2v) is 8.69. The van der Waals surface area contributed by atoms with Crippen molar-refractivity contribution in [1.29, 1.82) is 0 Å². The summed E-state index contributed by atoms with van der Waals surface area (Å²) in [4.78, 5) is 29.0. The van der Waals surface area contributed by atoms with Crippen molar-refractivity contribution in [1.82, 2.24) is 14.9 Å². The summed E-state index contributed by atoms with van der Waals surface area (Å²) >= 11 is 0. The van der Waals surface area contributed by atoms with E-state index in [9.17, 15) is 23.1 Å². The van der Waals surface area contributed by atoms with Crippen molar-refractivity contribution in [2.45, 2.75) is 26.3 Å². The van der Waals surface area contributed by atoms with Crippen LogP contribution in [-0.4, -0.2) is 41.3 Å². The number of hydrogen-bond acceptors (Lipinski definition) is 6. The number of carbonyl (C=O) groups is 1. The number of hydrogen-bond donors (Lipinski definition) is 2. The third-order valence-corrected chi connectivity index (χ3v) is 6.55. The van der Waals surface area contributed by atoms with Gasteiger partial charge in [-0.1, -0.05) is 24.3 Å². The molecule has 1 aromatic heterocycles. The first-order chi connectivity index (χ1) is 13.2. The fourth-order valence-corrected chi connectivity index (χ4v) is 4.65. The lowest BCUT2D eigenvalue weighted by Gasteiger charge is -2.28. The summed E-state index contributed by atoms with van der Waals surface area (Å²) < 4.78 is 26.7. The van der Waals surface area contributed by atoms with E-state index in [-0.39, 0.29) is 24.8 Å². The molecule has 0 bridgehead atoms. The van der Waals surface area contributed by atoms with Crippen molar-refractivity contribution in [3.63, 3.8) is 0 Å². The van der Waals surface area contributed by atoms with Gasteiger partial charge in [0.15, 0.2) is 5.69 Å². The second-order valence-electron chi connectivity index (χ2n) is 6.68. The lowest BCUT2D eigenvalue weighted by atomic mass is 10.1. The van der Waals surface area contributed by atoms with E-state index in [2.05, 4.69) is 10.3 Å². The van der Waals surface area contributed by atoms with Crippen molar-refractivity contribution in [2.75, 3.05) is 16.6 Å². The van der Waals surface area contributed by atoms with Crippen LogP contribution in [0.2, 0.25) is 0 Å². The lowest BCUT2D eigenvalue weighted by molar-refractivity contribution is 0.0942. The molecule has 10 heteroatoms. The number of aryl methyl sites for hydroxylation is 1. The molecular formula is C18H22N4O5S. The van der Waals surface area contributed by atoms with Crippen LogP contribution in [0.25, 0.3) is 0 Å². The zero-order valence-electron chi connectivity index (χ0n) is 15.7. The largest absolute Gasteiger partial charge is 0.501 e. The molecule has 2 heterocycles. The molecule has 0 aliphatic carbocycles. The molecule has 1 aromatic carbocycles. The van der Waals surface area contributed by atoms with E-state index in [1.165, 1.54) is 7.05 Å². The first-order valence-electron chi connectivity index (χ1n) is 8.85. The van der Waals surface area contributed by atoms with Gasteiger partial charge in [0.1, 0.15) is 0 Å². The van der Waals surface area contributed by atoms with Crippen molar-refractivity contribution in [3.05, 3.63) is 51.4 Å². The monoisotopic (exact) mass is 406 g/mol. The zero-order valence-corrected chi connectivity index (χ0v) is 16.5. The Balaban J connectivity index is 1.95. The van der Waals surface area contributed by atoms with Gasteiger partial charge in [0, 0.05) is 20.1 Å². The van der Waals surface area contributed by atoms with Gasteiger partial charge in [-0.2, -0.15) is 0 Å². The fraction of sp³-hybridized carbons (Fsp3) is 0.389. The van der Waals surface area contributed by atoms with Crippen molar-refractivity contribution in [2.24, 2.45) is 7.05 Å². The van der Waals surface area contributed by atoms with E-state index in [0.717, 1.165) is 20.0 Å². The van der Waals surface area contributed by atoms with Crippen LogP contribution in [0.5, 0.6) is 5.75 Å². The summed E-state index contributed by atoms with van der Waals surface area (Å²) in [6.45, 7) is 2.24. The molecule has 1 aliphatic heterocycles. The highest BCUT2D eigenvalue weighted by Crippen LogP contribution is 2.22. The molecule has 9 nitrogen and oxygen atoms in total. The smallest absolute Gasteiger partial charge is 0.297 e. The fourth-order valence-electron chi connectivity index (χ4n) is 3.04. The van der Waals surface area contributed by atoms with Crippen LogP contribution in [0, 0.1) is 6.92 Å². The first-order valence-corrected chi connectivity index (χ1v) is 10.5. The predicted molar refractivity (Wildman–Crippen MR) is 104 cm³/mol. The summed E-state index contributed by atoms with van der Waals surface area (Å²) in [5, 5.41) is 12.7. The molecule has 1 aliphatic rings. The summed E-state index contributed by atoms with van der Waals surface area (Å²) in [5.74, 6) is -1.81. The maximum Gasteiger partial charge on any atom is 0.297 e. The van der Waals surface area contributed by atoms with E-state index in [1.54, 1.807) is 0 Å². The summed E-state index contributed by atoms with van der Waals surface area (Å²) in [6.07, 6.45) is 1.14. The van der Waals surface area contributed by atoms with Gasteiger partial charge in [-0.3, -0.25) is 14.2 Å². The number of rotatable bonds is 4. The standard InChI is InChI=1S/C18H22N4O5S/c1-12-7-3-4-8-13(12)11-19-16(24)14-15(23)17(25)21(2)18(20-14)22-9-5-6-10-28(22,26)27/h3-4,7-8,23H,5-6,9-11H2,1-2H3,(H,19,24). The molecule has 1 saturated heterocycles. The molecule has 0 saturated carbocycles. The van der Waals surface area contributed by atoms with E-state index in [1.807, 2.05) is 31.2 Å². The number of nitrogens with one attached hydrogen (secondary N) is 1. The Morgan fingerprint density at radius 1 is 1.29 bits per heavy atom. The Kier molecular flexibility index (Phi) is 5.41. The number of benzene rings is 1. The highest BCUT2D eigenvalue weighted by atomic mass is 32.2. The molecule has 1 amide bonds. The quantitative estimate of drug-likeness (QED) is 0.769. The van der Waals surface area contributed by atoms with Crippen LogP contribution in [0.4, 0.5) is 5.95 Å². The van der Waals surface area contributed by atoms with Crippen molar-refractivity contribution < 1.29 is 18.3 Å². The zero-order chi connectivity index (χ0) is 20.5. The Labute approximate surface area is 162 Å². The van der Waals surface area contributed by atoms with Gasteiger partial charge in [-0.15, -0.1) is 0 Å². The third kappa shape index (κ3) is 3.72. The van der Waals surface area contributed by atoms with E-state index in [4.69, 9.17) is 0 Å². The van der Waals surface area contributed by atoms with E-state index < -0.39 is 32.9 Å². The Morgan fingerprint density at radius 3 is 2.68 bits per heavy atom. The maximum absolute atomic E-state index is 12.6. The average molecular weight is 406 g/mol. The Hall–Kier alpha value is -2.88. The Bertz CT molecular complexity index is 1080. The molecule has 2 aromatic rings. The van der Waals surface area contributed by atoms with Gasteiger partial charge in [-0.25, -0.2) is 17.7 Å². The molecule has 28 heavy (non-hydrogen) atoms. The van der Waals surface area contributed by atoms with Crippen LogP contribution in [0.3, 0.4) is 0 Å². The molecule has 0 spiro atoms. The SMILES string of the molecule is Cc1ccccc1CNC(=O)c1nc(N2CCCCS2(=O)=O)n(C)c(=O)c1O. The molecule has 150 valence electrons. The van der Waals surface area contributed by atoms with Gasteiger partial charge in [0.05, 0.1) is 5.75 Å². The molecule has 3 rings (SSSR count). The highest BCUT2D eigenvalue weighted by Gasteiger charge is 2.31. The molecule has 1 fully saturated rings. The summed E-state index contributed by atoms with van der Waals surface area (Å²) in [6, 6.07) is 7.45. The maximum atomic E-state index is 12.6. The number of sulfonamides is 1. The average Bonchev–Trinajstić information content (AvgIpc) is 2.66. The summed E-state index contributed by atoms with van der Waals surface area (Å²) in [5.41, 5.74) is 0.473. The van der Waals surface area contributed by atoms with Crippen molar-refractivity contribution >= 4 is 21.9 Å². The molecular weight excluding hydrogens is 384 g/mol. The topological polar surface area (TPSA) is 122 Å². The van der Waals surface area contributed by atoms with E-state index in [0.29, 0.717) is 12.8 Å².